The van der Waals surface area contributed by atoms with Gasteiger partial charge in [-0.15, -0.1) is 0 Å². The molecule has 0 saturated heterocycles. The van der Waals surface area contributed by atoms with E-state index in [0.29, 0.717) is 35.4 Å². The van der Waals surface area contributed by atoms with Crippen molar-refractivity contribution in [2.24, 2.45) is 0 Å². The third-order valence-electron chi connectivity index (χ3n) is 3.43. The molecule has 8 heteroatoms. The second kappa shape index (κ2) is 7.62. The van der Waals surface area contributed by atoms with E-state index < -0.39 is 10.0 Å². The van der Waals surface area contributed by atoms with Gasteiger partial charge in [0.15, 0.2) is 0 Å². The quantitative estimate of drug-likeness (QED) is 0.564. The monoisotopic (exact) mass is 332 g/mol. The second-order valence-electron chi connectivity index (χ2n) is 5.38. The molecule has 120 valence electrons. The van der Waals surface area contributed by atoms with Crippen LogP contribution in [0.25, 0.3) is 0 Å². The van der Waals surface area contributed by atoms with Crippen molar-refractivity contribution in [2.45, 2.75) is 50.1 Å². The highest BCUT2D eigenvalue weighted by atomic mass is 32.2. The van der Waals surface area contributed by atoms with E-state index in [-0.39, 0.29) is 0 Å². The molecule has 1 aliphatic carbocycles. The molecule has 0 atom stereocenters. The van der Waals surface area contributed by atoms with Crippen molar-refractivity contribution in [1.82, 2.24) is 20.2 Å². The van der Waals surface area contributed by atoms with Crippen LogP contribution >= 0.6 is 11.8 Å². The lowest BCUT2D eigenvalue weighted by Gasteiger charge is -2.08. The van der Waals surface area contributed by atoms with E-state index in [2.05, 4.69) is 26.5 Å². The Bertz CT molecular complexity index is 553. The molecule has 0 aromatic carbocycles. The van der Waals surface area contributed by atoms with Gasteiger partial charge in [-0.05, 0) is 44.6 Å². The van der Waals surface area contributed by atoms with E-state index in [1.807, 2.05) is 0 Å². The number of nitrogens with one attached hydrogen (secondary N) is 3. The van der Waals surface area contributed by atoms with Crippen LogP contribution in [0.3, 0.4) is 0 Å². The molecular weight excluding hydrogens is 308 g/mol. The summed E-state index contributed by atoms with van der Waals surface area (Å²) < 4.78 is 27.5. The summed E-state index contributed by atoms with van der Waals surface area (Å²) in [6.45, 7) is 2.72. The molecule has 1 aliphatic rings. The Kier molecular flexibility index (Phi) is 6.09. The number of hydrogen-bond acceptors (Lipinski definition) is 5. The highest BCUT2D eigenvalue weighted by molar-refractivity contribution is 7.98. The van der Waals surface area contributed by atoms with Crippen LogP contribution in [0.2, 0.25) is 0 Å². The number of unbranched alkanes of at least 4 members (excludes halogenated alkanes) is 1. The van der Waals surface area contributed by atoms with E-state index >= 15 is 0 Å². The van der Waals surface area contributed by atoms with Crippen molar-refractivity contribution < 1.29 is 8.42 Å². The SMILES string of the molecule is CSCCCCNS(=O)(=O)c1c(CNC2CC2)n[nH]c1C. The lowest BCUT2D eigenvalue weighted by molar-refractivity contribution is 0.574. The van der Waals surface area contributed by atoms with Crippen LogP contribution in [0.5, 0.6) is 0 Å². The summed E-state index contributed by atoms with van der Waals surface area (Å²) in [6.07, 6.45) is 6.26. The summed E-state index contributed by atoms with van der Waals surface area (Å²) in [5, 5.41) is 10.2. The number of rotatable bonds is 10. The van der Waals surface area contributed by atoms with Gasteiger partial charge in [0, 0.05) is 19.1 Å². The first-order chi connectivity index (χ1) is 10.0. The molecule has 1 fully saturated rings. The fraction of sp³-hybridized carbons (Fsp3) is 0.769. The predicted octanol–water partition coefficient (Wildman–Crippen LogP) is 1.39. The van der Waals surface area contributed by atoms with Crippen molar-refractivity contribution in [3.63, 3.8) is 0 Å². The van der Waals surface area contributed by atoms with E-state index in [1.54, 1.807) is 18.7 Å². The minimum atomic E-state index is -3.48. The Hall–Kier alpha value is -0.570. The molecule has 6 nitrogen and oxygen atoms in total. The first-order valence-electron chi connectivity index (χ1n) is 7.30. The van der Waals surface area contributed by atoms with Gasteiger partial charge >= 0.3 is 0 Å². The molecule has 1 aromatic heterocycles. The molecule has 2 rings (SSSR count). The number of thioether (sulfide) groups is 1. The van der Waals surface area contributed by atoms with Crippen molar-refractivity contribution >= 4 is 21.8 Å². The van der Waals surface area contributed by atoms with Gasteiger partial charge in [-0.25, -0.2) is 13.1 Å². The number of aryl methyl sites for hydroxylation is 1. The molecule has 1 heterocycles. The Morgan fingerprint density at radius 2 is 2.14 bits per heavy atom. The van der Waals surface area contributed by atoms with Crippen LogP contribution in [0, 0.1) is 6.92 Å². The van der Waals surface area contributed by atoms with Crippen LogP contribution in [-0.4, -0.2) is 43.2 Å². The van der Waals surface area contributed by atoms with Gasteiger partial charge in [-0.2, -0.15) is 16.9 Å². The van der Waals surface area contributed by atoms with Crippen LogP contribution in [-0.2, 0) is 16.6 Å². The number of H-pyrrole nitrogens is 1. The van der Waals surface area contributed by atoms with Crippen molar-refractivity contribution in [3.8, 4) is 0 Å². The zero-order valence-electron chi connectivity index (χ0n) is 12.6. The average molecular weight is 332 g/mol. The lowest BCUT2D eigenvalue weighted by Crippen LogP contribution is -2.27. The van der Waals surface area contributed by atoms with Gasteiger partial charge in [-0.3, -0.25) is 5.10 Å². The van der Waals surface area contributed by atoms with Crippen LogP contribution < -0.4 is 10.0 Å². The summed E-state index contributed by atoms with van der Waals surface area (Å²) in [6, 6.07) is 0.525. The van der Waals surface area contributed by atoms with Crippen LogP contribution in [0.4, 0.5) is 0 Å². The molecule has 0 spiro atoms. The first-order valence-corrected chi connectivity index (χ1v) is 10.2. The molecule has 0 unspecified atom stereocenters. The summed E-state index contributed by atoms with van der Waals surface area (Å²) in [4.78, 5) is 0.306. The Morgan fingerprint density at radius 3 is 2.81 bits per heavy atom. The number of hydrogen-bond donors (Lipinski definition) is 3. The Morgan fingerprint density at radius 1 is 1.38 bits per heavy atom. The minimum absolute atomic E-state index is 0.306. The van der Waals surface area contributed by atoms with E-state index in [4.69, 9.17) is 0 Å². The summed E-state index contributed by atoms with van der Waals surface area (Å²) in [5.74, 6) is 1.06. The number of sulfonamides is 1. The molecule has 3 N–H and O–H groups in total. The number of aromatic amines is 1. The molecule has 0 amide bonds. The molecule has 1 saturated carbocycles. The van der Waals surface area contributed by atoms with Gasteiger partial charge < -0.3 is 5.32 Å². The third kappa shape index (κ3) is 4.98. The van der Waals surface area contributed by atoms with Gasteiger partial charge in [0.2, 0.25) is 10.0 Å². The van der Waals surface area contributed by atoms with E-state index in [9.17, 15) is 8.42 Å². The fourth-order valence-corrected chi connectivity index (χ4v) is 4.05. The molecule has 21 heavy (non-hydrogen) atoms. The summed E-state index contributed by atoms with van der Waals surface area (Å²) >= 11 is 1.78. The highest BCUT2D eigenvalue weighted by Gasteiger charge is 2.26. The average Bonchev–Trinajstić information content (AvgIpc) is 3.18. The number of aromatic nitrogens is 2. The normalized spacial score (nSPS) is 15.5. The molecule has 0 radical (unpaired) electrons. The minimum Gasteiger partial charge on any atom is -0.308 e. The lowest BCUT2D eigenvalue weighted by atomic mass is 10.3. The largest absolute Gasteiger partial charge is 0.308 e. The zero-order chi connectivity index (χ0) is 15.3. The van der Waals surface area contributed by atoms with E-state index in [1.165, 1.54) is 12.8 Å². The number of nitrogens with zero attached hydrogens (tertiary/aromatic N) is 1. The maximum absolute atomic E-state index is 12.4. The van der Waals surface area contributed by atoms with Crippen molar-refractivity contribution in [1.29, 1.82) is 0 Å². The first kappa shape index (κ1) is 16.8. The molecule has 0 bridgehead atoms. The molecule has 1 aromatic rings. The van der Waals surface area contributed by atoms with Gasteiger partial charge in [0.05, 0.1) is 11.4 Å². The maximum atomic E-state index is 12.4. The highest BCUT2D eigenvalue weighted by Crippen LogP contribution is 2.22. The molecular formula is C13H24N4O2S2. The van der Waals surface area contributed by atoms with Gasteiger partial charge in [0.1, 0.15) is 4.90 Å². The Labute approximate surface area is 130 Å². The predicted molar refractivity (Wildman–Crippen MR) is 86.0 cm³/mol. The van der Waals surface area contributed by atoms with Crippen molar-refractivity contribution in [2.75, 3.05) is 18.6 Å². The topological polar surface area (TPSA) is 86.9 Å². The summed E-state index contributed by atoms with van der Waals surface area (Å²) in [5.41, 5.74) is 1.18. The Balaban J connectivity index is 1.95. The smallest absolute Gasteiger partial charge is 0.244 e. The zero-order valence-corrected chi connectivity index (χ0v) is 14.2. The van der Waals surface area contributed by atoms with Gasteiger partial charge in [0.25, 0.3) is 0 Å². The van der Waals surface area contributed by atoms with Gasteiger partial charge in [-0.1, -0.05) is 0 Å². The van der Waals surface area contributed by atoms with Crippen LogP contribution in [0.15, 0.2) is 4.90 Å². The standard InChI is InChI=1S/C13H24N4O2S2/c1-10-13(12(17-16-10)9-14-11-5-6-11)21(18,19)15-7-3-4-8-20-2/h11,14-15H,3-9H2,1-2H3,(H,16,17). The van der Waals surface area contributed by atoms with Crippen LogP contribution in [0.1, 0.15) is 37.1 Å². The fourth-order valence-electron chi connectivity index (χ4n) is 2.12. The van der Waals surface area contributed by atoms with E-state index in [0.717, 1.165) is 18.6 Å². The summed E-state index contributed by atoms with van der Waals surface area (Å²) in [7, 11) is -3.48. The second-order valence-corrected chi connectivity index (χ2v) is 8.07. The molecule has 0 aliphatic heterocycles. The maximum Gasteiger partial charge on any atom is 0.244 e. The third-order valence-corrected chi connectivity index (χ3v) is 5.79. The van der Waals surface area contributed by atoms with Crippen molar-refractivity contribution in [3.05, 3.63) is 11.4 Å².